The van der Waals surface area contributed by atoms with Gasteiger partial charge in [0.15, 0.2) is 0 Å². The number of amides is 2. The van der Waals surface area contributed by atoms with E-state index < -0.39 is 0 Å². The second kappa shape index (κ2) is 8.45. The van der Waals surface area contributed by atoms with Crippen LogP contribution in [0.4, 0.5) is 5.69 Å². The van der Waals surface area contributed by atoms with Gasteiger partial charge in [0.05, 0.1) is 0 Å². The average molecular weight is 290 g/mol. The molecule has 0 N–H and O–H groups in total. The molecule has 0 aliphatic carbocycles. The van der Waals surface area contributed by atoms with E-state index in [1.54, 1.807) is 9.80 Å². The molecule has 0 bridgehead atoms. The quantitative estimate of drug-likeness (QED) is 0.774. The first-order valence-corrected chi connectivity index (χ1v) is 7.68. The standard InChI is InChI=1S/C17H26N2O2/c1-5-15-8-10-16(11-9-15)19(14(4)20)13-12-17(21)18(6-2)7-3/h8-11H,5-7,12-13H2,1-4H3. The first-order chi connectivity index (χ1) is 10.0. The second-order valence-corrected chi connectivity index (χ2v) is 5.01. The third kappa shape index (κ3) is 4.88. The van der Waals surface area contributed by atoms with Crippen molar-refractivity contribution in [2.45, 2.75) is 40.5 Å². The van der Waals surface area contributed by atoms with Crippen LogP contribution in [0.25, 0.3) is 0 Å². The van der Waals surface area contributed by atoms with Gasteiger partial charge in [-0.15, -0.1) is 0 Å². The van der Waals surface area contributed by atoms with Crippen LogP contribution in [0, 0.1) is 0 Å². The molecule has 0 fully saturated rings. The summed E-state index contributed by atoms with van der Waals surface area (Å²) in [6.07, 6.45) is 1.33. The minimum Gasteiger partial charge on any atom is -0.343 e. The number of rotatable bonds is 7. The van der Waals surface area contributed by atoms with Crippen LogP contribution in [-0.4, -0.2) is 36.3 Å². The lowest BCUT2D eigenvalue weighted by molar-refractivity contribution is -0.130. The van der Waals surface area contributed by atoms with Crippen LogP contribution < -0.4 is 4.90 Å². The fourth-order valence-corrected chi connectivity index (χ4v) is 2.32. The van der Waals surface area contributed by atoms with E-state index >= 15 is 0 Å². The van der Waals surface area contributed by atoms with Gasteiger partial charge in [-0.3, -0.25) is 9.59 Å². The molecule has 1 rings (SSSR count). The third-order valence-corrected chi connectivity index (χ3v) is 3.70. The number of nitrogens with zero attached hydrogens (tertiary/aromatic N) is 2. The zero-order valence-electron chi connectivity index (χ0n) is 13.6. The Kier molecular flexibility index (Phi) is 6.92. The smallest absolute Gasteiger partial charge is 0.224 e. The number of aryl methyl sites for hydroxylation is 1. The summed E-state index contributed by atoms with van der Waals surface area (Å²) in [5.74, 6) is 0.0584. The monoisotopic (exact) mass is 290 g/mol. The SMILES string of the molecule is CCc1ccc(N(CCC(=O)N(CC)CC)C(C)=O)cc1. The third-order valence-electron chi connectivity index (χ3n) is 3.70. The first-order valence-electron chi connectivity index (χ1n) is 7.68. The predicted molar refractivity (Wildman–Crippen MR) is 86.4 cm³/mol. The van der Waals surface area contributed by atoms with E-state index in [1.165, 1.54) is 12.5 Å². The highest BCUT2D eigenvalue weighted by Crippen LogP contribution is 2.16. The Bertz CT molecular complexity index is 464. The lowest BCUT2D eigenvalue weighted by Gasteiger charge is -2.24. The number of hydrogen-bond acceptors (Lipinski definition) is 2. The molecule has 1 aromatic rings. The van der Waals surface area contributed by atoms with Gasteiger partial charge < -0.3 is 9.80 Å². The molecule has 1 aromatic carbocycles. The highest BCUT2D eigenvalue weighted by Gasteiger charge is 2.15. The molecule has 0 spiro atoms. The fraction of sp³-hybridized carbons (Fsp3) is 0.529. The molecule has 0 saturated carbocycles. The fourth-order valence-electron chi connectivity index (χ4n) is 2.32. The number of carbonyl (C=O) groups excluding carboxylic acids is 2. The van der Waals surface area contributed by atoms with Crippen molar-refractivity contribution in [3.8, 4) is 0 Å². The van der Waals surface area contributed by atoms with Gasteiger partial charge in [-0.25, -0.2) is 0 Å². The van der Waals surface area contributed by atoms with Gasteiger partial charge in [0.1, 0.15) is 0 Å². The predicted octanol–water partition coefficient (Wildman–Crippen LogP) is 2.86. The minimum atomic E-state index is -0.0356. The van der Waals surface area contributed by atoms with Crippen LogP contribution in [0.5, 0.6) is 0 Å². The van der Waals surface area contributed by atoms with Crippen molar-refractivity contribution in [3.05, 3.63) is 29.8 Å². The summed E-state index contributed by atoms with van der Waals surface area (Å²) in [5.41, 5.74) is 2.09. The van der Waals surface area contributed by atoms with E-state index in [0.29, 0.717) is 26.1 Å². The van der Waals surface area contributed by atoms with E-state index in [-0.39, 0.29) is 11.8 Å². The Morgan fingerprint density at radius 3 is 2.00 bits per heavy atom. The molecule has 21 heavy (non-hydrogen) atoms. The molecule has 116 valence electrons. The summed E-state index contributed by atoms with van der Waals surface area (Å²) in [6.45, 7) is 9.41. The molecule has 0 aliphatic heterocycles. The average Bonchev–Trinajstić information content (AvgIpc) is 2.49. The van der Waals surface area contributed by atoms with E-state index in [1.807, 2.05) is 38.1 Å². The zero-order chi connectivity index (χ0) is 15.8. The molecule has 0 radical (unpaired) electrons. The molecular weight excluding hydrogens is 264 g/mol. The summed E-state index contributed by atoms with van der Waals surface area (Å²) in [5, 5.41) is 0. The van der Waals surface area contributed by atoms with Crippen molar-refractivity contribution < 1.29 is 9.59 Å². The molecule has 4 nitrogen and oxygen atoms in total. The molecule has 0 aromatic heterocycles. The molecule has 0 aliphatic rings. The molecule has 4 heteroatoms. The van der Waals surface area contributed by atoms with Gasteiger partial charge in [-0.1, -0.05) is 19.1 Å². The Labute approximate surface area is 127 Å². The molecule has 0 saturated heterocycles. The van der Waals surface area contributed by atoms with Gasteiger partial charge >= 0.3 is 0 Å². The van der Waals surface area contributed by atoms with Crippen LogP contribution in [0.3, 0.4) is 0 Å². The van der Waals surface area contributed by atoms with Gasteiger partial charge in [0.25, 0.3) is 0 Å². The Balaban J connectivity index is 2.74. The molecule has 2 amide bonds. The highest BCUT2D eigenvalue weighted by atomic mass is 16.2. The lowest BCUT2D eigenvalue weighted by Crippen LogP contribution is -2.36. The number of carbonyl (C=O) groups is 2. The van der Waals surface area contributed by atoms with E-state index in [2.05, 4.69) is 6.92 Å². The van der Waals surface area contributed by atoms with Crippen molar-refractivity contribution in [1.82, 2.24) is 4.90 Å². The van der Waals surface area contributed by atoms with Crippen LogP contribution in [0.15, 0.2) is 24.3 Å². The summed E-state index contributed by atoms with van der Waals surface area (Å²) >= 11 is 0. The maximum atomic E-state index is 12.1. The van der Waals surface area contributed by atoms with E-state index in [9.17, 15) is 9.59 Å². The van der Waals surface area contributed by atoms with Gasteiger partial charge in [-0.05, 0) is 38.0 Å². The van der Waals surface area contributed by atoms with Crippen molar-refractivity contribution >= 4 is 17.5 Å². The van der Waals surface area contributed by atoms with Gasteiger partial charge in [0, 0.05) is 38.7 Å². The Morgan fingerprint density at radius 2 is 1.57 bits per heavy atom. The summed E-state index contributed by atoms with van der Waals surface area (Å²) < 4.78 is 0. The van der Waals surface area contributed by atoms with Crippen LogP contribution >= 0.6 is 0 Å². The number of hydrogen-bond donors (Lipinski definition) is 0. The summed E-state index contributed by atoms with van der Waals surface area (Å²) in [4.78, 5) is 27.3. The Morgan fingerprint density at radius 1 is 1.00 bits per heavy atom. The van der Waals surface area contributed by atoms with Crippen molar-refractivity contribution in [3.63, 3.8) is 0 Å². The summed E-state index contributed by atoms with van der Waals surface area (Å²) in [7, 11) is 0. The normalized spacial score (nSPS) is 10.3. The highest BCUT2D eigenvalue weighted by molar-refractivity contribution is 5.92. The van der Waals surface area contributed by atoms with Crippen LogP contribution in [-0.2, 0) is 16.0 Å². The molecule has 0 atom stereocenters. The van der Waals surface area contributed by atoms with Crippen LogP contribution in [0.1, 0.15) is 39.7 Å². The number of benzene rings is 1. The Hall–Kier alpha value is -1.84. The van der Waals surface area contributed by atoms with E-state index in [0.717, 1.165) is 12.1 Å². The molecule has 0 heterocycles. The van der Waals surface area contributed by atoms with Crippen LogP contribution in [0.2, 0.25) is 0 Å². The lowest BCUT2D eigenvalue weighted by atomic mass is 10.1. The topological polar surface area (TPSA) is 40.6 Å². The van der Waals surface area contributed by atoms with Crippen molar-refractivity contribution in [1.29, 1.82) is 0 Å². The van der Waals surface area contributed by atoms with Gasteiger partial charge in [-0.2, -0.15) is 0 Å². The molecule has 0 unspecified atom stereocenters. The van der Waals surface area contributed by atoms with Crippen molar-refractivity contribution in [2.75, 3.05) is 24.5 Å². The van der Waals surface area contributed by atoms with Crippen molar-refractivity contribution in [2.24, 2.45) is 0 Å². The van der Waals surface area contributed by atoms with Gasteiger partial charge in [0.2, 0.25) is 11.8 Å². The zero-order valence-corrected chi connectivity index (χ0v) is 13.6. The summed E-state index contributed by atoms with van der Waals surface area (Å²) in [6, 6.07) is 7.94. The minimum absolute atomic E-state index is 0.0356. The first kappa shape index (κ1) is 17.2. The molecular formula is C17H26N2O2. The van der Waals surface area contributed by atoms with E-state index in [4.69, 9.17) is 0 Å². The number of anilines is 1. The maximum Gasteiger partial charge on any atom is 0.224 e. The second-order valence-electron chi connectivity index (χ2n) is 5.01. The largest absolute Gasteiger partial charge is 0.343 e. The maximum absolute atomic E-state index is 12.1.